The molecule has 27 heavy (non-hydrogen) atoms. The summed E-state index contributed by atoms with van der Waals surface area (Å²) in [6, 6.07) is 6.19. The lowest BCUT2D eigenvalue weighted by atomic mass is 9.96. The molecule has 0 saturated heterocycles. The van der Waals surface area contributed by atoms with Crippen molar-refractivity contribution in [1.82, 2.24) is 5.32 Å². The van der Waals surface area contributed by atoms with Crippen LogP contribution in [-0.2, 0) is 23.9 Å². The molecule has 0 aliphatic carbocycles. The van der Waals surface area contributed by atoms with E-state index in [1.54, 1.807) is 32.9 Å². The summed E-state index contributed by atoms with van der Waals surface area (Å²) in [5, 5.41) is 5.21. The third-order valence-corrected chi connectivity index (χ3v) is 3.94. The van der Waals surface area contributed by atoms with Crippen LogP contribution in [0.25, 0.3) is 0 Å². The van der Waals surface area contributed by atoms with Gasteiger partial charge in [0.1, 0.15) is 0 Å². The second kappa shape index (κ2) is 8.98. The van der Waals surface area contributed by atoms with Gasteiger partial charge >= 0.3 is 11.9 Å². The normalized spacial score (nSPS) is 16.0. The molecule has 1 heterocycles. The molecule has 1 aromatic carbocycles. The van der Waals surface area contributed by atoms with E-state index in [0.717, 1.165) is 0 Å². The largest absolute Gasteiger partial charge is 0.463 e. The number of anilines is 1. The van der Waals surface area contributed by atoms with Crippen molar-refractivity contribution in [2.24, 2.45) is 5.92 Å². The first kappa shape index (κ1) is 20.2. The number of amides is 2. The number of benzene rings is 1. The average molecular weight is 374 g/mol. The van der Waals surface area contributed by atoms with E-state index in [2.05, 4.69) is 10.6 Å². The minimum atomic E-state index is -0.900. The lowest BCUT2D eigenvalue weighted by Crippen LogP contribution is -2.27. The minimum Gasteiger partial charge on any atom is -0.463 e. The summed E-state index contributed by atoms with van der Waals surface area (Å²) in [6.07, 6.45) is -0.197. The molecule has 0 radical (unpaired) electrons. The van der Waals surface area contributed by atoms with Crippen molar-refractivity contribution in [2.45, 2.75) is 27.2 Å². The van der Waals surface area contributed by atoms with Gasteiger partial charge < -0.3 is 20.1 Å². The van der Waals surface area contributed by atoms with Crippen molar-refractivity contribution in [1.29, 1.82) is 0 Å². The summed E-state index contributed by atoms with van der Waals surface area (Å²) in [5.41, 5.74) is 1.41. The molecule has 0 fully saturated rings. The second-order valence-electron chi connectivity index (χ2n) is 5.85. The highest BCUT2D eigenvalue weighted by molar-refractivity contribution is 6.05. The van der Waals surface area contributed by atoms with Crippen LogP contribution >= 0.6 is 0 Å². The number of ether oxygens (including phenoxy) is 2. The van der Waals surface area contributed by atoms with Crippen molar-refractivity contribution in [3.05, 3.63) is 41.1 Å². The lowest BCUT2D eigenvalue weighted by Gasteiger charge is -2.12. The Morgan fingerprint density at radius 1 is 1.04 bits per heavy atom. The molecule has 1 aromatic rings. The predicted molar refractivity (Wildman–Crippen MR) is 96.6 cm³/mol. The maximum atomic E-state index is 12.3. The molecule has 8 heteroatoms. The maximum absolute atomic E-state index is 12.3. The van der Waals surface area contributed by atoms with Crippen LogP contribution in [0.15, 0.2) is 35.5 Å². The Hall–Kier alpha value is -3.16. The highest BCUT2D eigenvalue weighted by Gasteiger charge is 2.37. The minimum absolute atomic E-state index is 0.176. The molecule has 1 aliphatic heterocycles. The van der Waals surface area contributed by atoms with E-state index < -0.39 is 29.7 Å². The van der Waals surface area contributed by atoms with E-state index in [9.17, 15) is 19.2 Å². The summed E-state index contributed by atoms with van der Waals surface area (Å²) >= 11 is 0. The Morgan fingerprint density at radius 3 is 2.22 bits per heavy atom. The monoisotopic (exact) mass is 374 g/mol. The number of hydrogen-bond donors (Lipinski definition) is 2. The standard InChI is InChI=1S/C19H22N2O6/c1-4-26-18(24)12-6-8-13(9-7-12)21-15(22)10-14-16(19(25)27-5-2)11(3)20-17(14)23/h6-9,14H,4-5,10H2,1-3H3,(H,20,23)(H,21,22)/t14-/m0/s1. The smallest absolute Gasteiger partial charge is 0.338 e. The van der Waals surface area contributed by atoms with Gasteiger partial charge in [-0.15, -0.1) is 0 Å². The quantitative estimate of drug-likeness (QED) is 0.704. The van der Waals surface area contributed by atoms with Crippen molar-refractivity contribution in [2.75, 3.05) is 18.5 Å². The maximum Gasteiger partial charge on any atom is 0.338 e. The van der Waals surface area contributed by atoms with Crippen LogP contribution in [0.5, 0.6) is 0 Å². The fourth-order valence-corrected chi connectivity index (χ4v) is 2.73. The highest BCUT2D eigenvalue weighted by atomic mass is 16.5. The van der Waals surface area contributed by atoms with Gasteiger partial charge in [0.25, 0.3) is 0 Å². The van der Waals surface area contributed by atoms with E-state index in [4.69, 9.17) is 9.47 Å². The van der Waals surface area contributed by atoms with Gasteiger partial charge in [-0.1, -0.05) is 0 Å². The first-order chi connectivity index (χ1) is 12.9. The summed E-state index contributed by atoms with van der Waals surface area (Å²) < 4.78 is 9.86. The predicted octanol–water partition coefficient (Wildman–Crippen LogP) is 1.77. The topological polar surface area (TPSA) is 111 Å². The number of rotatable bonds is 7. The zero-order valence-electron chi connectivity index (χ0n) is 15.5. The SMILES string of the molecule is CCOC(=O)C1=C(C)NC(=O)[C@H]1CC(=O)Nc1ccc(C(=O)OCC)cc1. The van der Waals surface area contributed by atoms with Crippen molar-refractivity contribution >= 4 is 29.4 Å². The van der Waals surface area contributed by atoms with Gasteiger partial charge in [0.05, 0.1) is 30.3 Å². The van der Waals surface area contributed by atoms with Crippen molar-refractivity contribution in [3.63, 3.8) is 0 Å². The molecule has 1 atom stereocenters. The Labute approximate surface area is 156 Å². The Kier molecular flexibility index (Phi) is 6.70. The van der Waals surface area contributed by atoms with Crippen LogP contribution in [0.1, 0.15) is 37.6 Å². The number of hydrogen-bond acceptors (Lipinski definition) is 6. The summed E-state index contributed by atoms with van der Waals surface area (Å²) in [5.74, 6) is -2.80. The van der Waals surface area contributed by atoms with Crippen LogP contribution in [0.4, 0.5) is 5.69 Å². The van der Waals surface area contributed by atoms with Gasteiger partial charge in [-0.05, 0) is 45.0 Å². The van der Waals surface area contributed by atoms with Gasteiger partial charge in [0.15, 0.2) is 0 Å². The number of nitrogens with one attached hydrogen (secondary N) is 2. The van der Waals surface area contributed by atoms with Crippen LogP contribution in [-0.4, -0.2) is 37.0 Å². The first-order valence-electron chi connectivity index (χ1n) is 8.63. The lowest BCUT2D eigenvalue weighted by molar-refractivity contribution is -0.140. The fourth-order valence-electron chi connectivity index (χ4n) is 2.73. The number of carbonyl (C=O) groups is 4. The average Bonchev–Trinajstić information content (AvgIpc) is 2.89. The van der Waals surface area contributed by atoms with Crippen molar-refractivity contribution in [3.8, 4) is 0 Å². The molecule has 0 spiro atoms. The van der Waals surface area contributed by atoms with Gasteiger partial charge in [-0.25, -0.2) is 9.59 Å². The summed E-state index contributed by atoms with van der Waals surface area (Å²) in [4.78, 5) is 48.1. The van der Waals surface area contributed by atoms with Crippen LogP contribution in [0, 0.1) is 5.92 Å². The van der Waals surface area contributed by atoms with E-state index in [0.29, 0.717) is 16.9 Å². The molecular weight excluding hydrogens is 352 g/mol. The van der Waals surface area contributed by atoms with Crippen LogP contribution in [0.3, 0.4) is 0 Å². The summed E-state index contributed by atoms with van der Waals surface area (Å²) in [6.45, 7) is 5.42. The zero-order chi connectivity index (χ0) is 20.0. The number of carbonyl (C=O) groups excluding carboxylic acids is 4. The molecule has 2 amide bonds. The molecule has 0 unspecified atom stereocenters. The molecule has 2 rings (SSSR count). The van der Waals surface area contributed by atoms with Gasteiger partial charge in [-0.3, -0.25) is 9.59 Å². The molecule has 0 saturated carbocycles. The molecule has 0 aromatic heterocycles. The third kappa shape index (κ3) is 4.93. The van der Waals surface area contributed by atoms with Crippen LogP contribution < -0.4 is 10.6 Å². The number of esters is 2. The van der Waals surface area contributed by atoms with Gasteiger partial charge in [-0.2, -0.15) is 0 Å². The van der Waals surface area contributed by atoms with E-state index in [1.807, 2.05) is 0 Å². The molecule has 1 aliphatic rings. The Bertz CT molecular complexity index is 782. The van der Waals surface area contributed by atoms with E-state index in [-0.39, 0.29) is 25.2 Å². The molecule has 8 nitrogen and oxygen atoms in total. The highest BCUT2D eigenvalue weighted by Crippen LogP contribution is 2.26. The van der Waals surface area contributed by atoms with E-state index >= 15 is 0 Å². The molecule has 144 valence electrons. The van der Waals surface area contributed by atoms with Gasteiger partial charge in [0.2, 0.25) is 11.8 Å². The molecule has 2 N–H and O–H groups in total. The second-order valence-corrected chi connectivity index (χ2v) is 5.85. The Balaban J connectivity index is 2.03. The van der Waals surface area contributed by atoms with E-state index in [1.165, 1.54) is 12.1 Å². The van der Waals surface area contributed by atoms with Crippen molar-refractivity contribution < 1.29 is 28.7 Å². The number of allylic oxidation sites excluding steroid dienone is 1. The third-order valence-electron chi connectivity index (χ3n) is 3.94. The van der Waals surface area contributed by atoms with Crippen LogP contribution in [0.2, 0.25) is 0 Å². The molecular formula is C19H22N2O6. The fraction of sp³-hybridized carbons (Fsp3) is 0.368. The Morgan fingerprint density at radius 2 is 1.63 bits per heavy atom. The zero-order valence-corrected chi connectivity index (χ0v) is 15.5. The first-order valence-corrected chi connectivity index (χ1v) is 8.63. The summed E-state index contributed by atoms with van der Waals surface area (Å²) in [7, 11) is 0. The van der Waals surface area contributed by atoms with Gasteiger partial charge in [0, 0.05) is 17.8 Å². The molecule has 0 bridgehead atoms.